The van der Waals surface area contributed by atoms with Crippen molar-refractivity contribution in [1.82, 2.24) is 9.97 Å². The number of nitrogen functional groups attached to an aromatic ring is 2. The molecular formula is C12H16N4O. The van der Waals surface area contributed by atoms with Crippen molar-refractivity contribution in [3.63, 3.8) is 0 Å². The van der Waals surface area contributed by atoms with Crippen molar-refractivity contribution < 1.29 is 5.11 Å². The third kappa shape index (κ3) is 5.48. The fourth-order valence-electron chi connectivity index (χ4n) is 1.16. The first kappa shape index (κ1) is 12.9. The van der Waals surface area contributed by atoms with Gasteiger partial charge in [-0.1, -0.05) is 30.3 Å². The van der Waals surface area contributed by atoms with Gasteiger partial charge in [-0.2, -0.15) is 4.98 Å². The van der Waals surface area contributed by atoms with Crippen LogP contribution in [0, 0.1) is 0 Å². The highest BCUT2D eigenvalue weighted by Gasteiger charge is 1.85. The Morgan fingerprint density at radius 3 is 2.24 bits per heavy atom. The second-order valence-electron chi connectivity index (χ2n) is 3.30. The molecule has 1 aromatic heterocycles. The second kappa shape index (κ2) is 7.19. The average Bonchev–Trinajstić information content (AvgIpc) is 2.31. The third-order valence-corrected chi connectivity index (χ3v) is 1.94. The molecule has 0 amide bonds. The first-order valence-corrected chi connectivity index (χ1v) is 5.21. The van der Waals surface area contributed by atoms with E-state index in [0.29, 0.717) is 5.82 Å². The minimum Gasteiger partial charge on any atom is -0.396 e. The monoisotopic (exact) mass is 232 g/mol. The number of aliphatic hydroxyl groups excluding tert-OH is 1. The van der Waals surface area contributed by atoms with E-state index >= 15 is 0 Å². The zero-order chi connectivity index (χ0) is 12.5. The smallest absolute Gasteiger partial charge is 0.221 e. The summed E-state index contributed by atoms with van der Waals surface area (Å²) in [5.41, 5.74) is 11.6. The van der Waals surface area contributed by atoms with Gasteiger partial charge in [-0.25, -0.2) is 4.98 Å². The Kier molecular flexibility index (Phi) is 5.46. The van der Waals surface area contributed by atoms with Gasteiger partial charge in [0.2, 0.25) is 5.95 Å². The molecule has 5 nitrogen and oxygen atoms in total. The zero-order valence-electron chi connectivity index (χ0n) is 9.45. The Morgan fingerprint density at radius 2 is 1.76 bits per heavy atom. The van der Waals surface area contributed by atoms with E-state index in [1.165, 1.54) is 11.8 Å². The summed E-state index contributed by atoms with van der Waals surface area (Å²) in [7, 11) is 0. The highest BCUT2D eigenvalue weighted by Crippen LogP contribution is 1.97. The Bertz CT molecular complexity index is 416. The quantitative estimate of drug-likeness (QED) is 0.713. The molecule has 0 saturated carbocycles. The molecule has 0 aliphatic rings. The number of hydrogen-bond donors (Lipinski definition) is 3. The van der Waals surface area contributed by atoms with E-state index in [9.17, 15) is 0 Å². The third-order valence-electron chi connectivity index (χ3n) is 1.94. The van der Waals surface area contributed by atoms with Crippen LogP contribution in [0.5, 0.6) is 0 Å². The molecule has 17 heavy (non-hydrogen) atoms. The van der Waals surface area contributed by atoms with Crippen LogP contribution < -0.4 is 11.5 Å². The van der Waals surface area contributed by atoms with Crippen LogP contribution in [0.3, 0.4) is 0 Å². The normalized spacial score (nSPS) is 9.24. The van der Waals surface area contributed by atoms with E-state index in [-0.39, 0.29) is 12.6 Å². The fourth-order valence-corrected chi connectivity index (χ4v) is 1.16. The summed E-state index contributed by atoms with van der Waals surface area (Å²) >= 11 is 0. The average molecular weight is 232 g/mol. The van der Waals surface area contributed by atoms with E-state index in [1.807, 2.05) is 30.3 Å². The van der Waals surface area contributed by atoms with Crippen molar-refractivity contribution in [3.05, 3.63) is 48.2 Å². The minimum atomic E-state index is 0.213. The topological polar surface area (TPSA) is 98.0 Å². The lowest BCUT2D eigenvalue weighted by molar-refractivity contribution is 0.299. The molecule has 0 bridgehead atoms. The highest BCUT2D eigenvalue weighted by molar-refractivity contribution is 5.31. The Morgan fingerprint density at radius 1 is 1.06 bits per heavy atom. The Balaban J connectivity index is 0.000000171. The van der Waals surface area contributed by atoms with Crippen LogP contribution in [0.25, 0.3) is 0 Å². The largest absolute Gasteiger partial charge is 0.396 e. The molecule has 0 aliphatic carbocycles. The van der Waals surface area contributed by atoms with E-state index < -0.39 is 0 Å². The highest BCUT2D eigenvalue weighted by atomic mass is 16.2. The summed E-state index contributed by atoms with van der Waals surface area (Å²) in [6, 6.07) is 11.5. The summed E-state index contributed by atoms with van der Waals surface area (Å²) in [5.74, 6) is 0.613. The van der Waals surface area contributed by atoms with Gasteiger partial charge in [0, 0.05) is 12.8 Å². The fraction of sp³-hybridized carbons (Fsp3) is 0.167. The summed E-state index contributed by atoms with van der Waals surface area (Å²) in [4.78, 5) is 7.24. The van der Waals surface area contributed by atoms with Gasteiger partial charge < -0.3 is 16.6 Å². The number of benzene rings is 1. The summed E-state index contributed by atoms with van der Waals surface area (Å²) < 4.78 is 0. The maximum absolute atomic E-state index is 8.52. The number of nitrogens with two attached hydrogens (primary N) is 2. The van der Waals surface area contributed by atoms with E-state index in [1.54, 1.807) is 6.07 Å². The predicted octanol–water partition coefficient (Wildman–Crippen LogP) is 0.862. The maximum atomic E-state index is 8.52. The second-order valence-corrected chi connectivity index (χ2v) is 3.30. The van der Waals surface area contributed by atoms with Gasteiger partial charge in [0.05, 0.1) is 0 Å². The van der Waals surface area contributed by atoms with Gasteiger partial charge in [0.25, 0.3) is 0 Å². The molecule has 0 atom stereocenters. The number of aliphatic hydroxyl groups is 1. The van der Waals surface area contributed by atoms with Crippen molar-refractivity contribution in [1.29, 1.82) is 0 Å². The first-order chi connectivity index (χ1) is 8.22. The molecule has 0 saturated heterocycles. The van der Waals surface area contributed by atoms with Crippen LogP contribution in [0.15, 0.2) is 42.6 Å². The lowest BCUT2D eigenvalue weighted by Crippen LogP contribution is -1.96. The van der Waals surface area contributed by atoms with Crippen LogP contribution >= 0.6 is 0 Å². The van der Waals surface area contributed by atoms with Crippen LogP contribution in [-0.2, 0) is 6.42 Å². The van der Waals surface area contributed by atoms with Gasteiger partial charge in [-0.05, 0) is 18.1 Å². The van der Waals surface area contributed by atoms with Crippen molar-refractivity contribution in [2.45, 2.75) is 6.42 Å². The Labute approximate surface area is 100 Å². The van der Waals surface area contributed by atoms with Crippen LogP contribution in [-0.4, -0.2) is 21.7 Å². The van der Waals surface area contributed by atoms with E-state index in [2.05, 4.69) is 9.97 Å². The number of hydrogen-bond acceptors (Lipinski definition) is 5. The molecule has 5 N–H and O–H groups in total. The summed E-state index contributed by atoms with van der Waals surface area (Å²) in [6.45, 7) is 0.240. The van der Waals surface area contributed by atoms with Gasteiger partial charge in [0.1, 0.15) is 5.82 Å². The molecule has 0 spiro atoms. The SMILES string of the molecule is Nc1ccnc(N)n1.OCCc1ccccc1. The zero-order valence-corrected chi connectivity index (χ0v) is 9.45. The standard InChI is InChI=1S/C8H10O.C4H6N4/c9-7-6-8-4-2-1-3-5-8;5-3-1-2-7-4(6)8-3/h1-5,9H,6-7H2;1-2H,(H4,5,6,7,8). The number of rotatable bonds is 2. The molecule has 0 fully saturated rings. The van der Waals surface area contributed by atoms with Crippen molar-refractivity contribution >= 4 is 11.8 Å². The summed E-state index contributed by atoms with van der Waals surface area (Å²) in [6.07, 6.45) is 2.28. The van der Waals surface area contributed by atoms with E-state index in [0.717, 1.165) is 6.42 Å². The van der Waals surface area contributed by atoms with Crippen LogP contribution in [0.1, 0.15) is 5.56 Å². The van der Waals surface area contributed by atoms with Gasteiger partial charge in [-0.3, -0.25) is 0 Å². The van der Waals surface area contributed by atoms with Gasteiger partial charge in [-0.15, -0.1) is 0 Å². The molecule has 0 aliphatic heterocycles. The van der Waals surface area contributed by atoms with Crippen molar-refractivity contribution in [3.8, 4) is 0 Å². The molecule has 5 heteroatoms. The van der Waals surface area contributed by atoms with Crippen molar-refractivity contribution in [2.24, 2.45) is 0 Å². The number of aromatic nitrogens is 2. The van der Waals surface area contributed by atoms with Crippen LogP contribution in [0.2, 0.25) is 0 Å². The molecule has 2 aromatic rings. The van der Waals surface area contributed by atoms with Crippen LogP contribution in [0.4, 0.5) is 11.8 Å². The van der Waals surface area contributed by atoms with E-state index in [4.69, 9.17) is 16.6 Å². The molecular weight excluding hydrogens is 216 g/mol. The number of anilines is 2. The lowest BCUT2D eigenvalue weighted by Gasteiger charge is -1.93. The molecule has 0 unspecified atom stereocenters. The van der Waals surface area contributed by atoms with Gasteiger partial charge in [0.15, 0.2) is 0 Å². The lowest BCUT2D eigenvalue weighted by atomic mass is 10.2. The molecule has 2 rings (SSSR count). The maximum Gasteiger partial charge on any atom is 0.221 e. The minimum absolute atomic E-state index is 0.213. The van der Waals surface area contributed by atoms with Crippen molar-refractivity contribution in [2.75, 3.05) is 18.1 Å². The first-order valence-electron chi connectivity index (χ1n) is 5.21. The molecule has 90 valence electrons. The molecule has 1 heterocycles. The van der Waals surface area contributed by atoms with Gasteiger partial charge >= 0.3 is 0 Å². The Hall–Kier alpha value is -2.14. The predicted molar refractivity (Wildman–Crippen MR) is 68.1 cm³/mol. The molecule has 1 aromatic carbocycles. The summed E-state index contributed by atoms with van der Waals surface area (Å²) in [5, 5.41) is 8.52. The number of nitrogens with zero attached hydrogens (tertiary/aromatic N) is 2. The molecule has 0 radical (unpaired) electrons.